The van der Waals surface area contributed by atoms with Crippen LogP contribution in [0.3, 0.4) is 0 Å². The molecule has 2 heterocycles. The molecule has 1 unspecified atom stereocenters. The minimum atomic E-state index is -0.0471. The first-order valence-corrected chi connectivity index (χ1v) is 9.05. The molecule has 1 saturated heterocycles. The molecule has 2 aromatic rings. The number of hydrogen-bond donors (Lipinski definition) is 1. The molecule has 0 bridgehead atoms. The smallest absolute Gasteiger partial charge is 0.263 e. The van der Waals surface area contributed by atoms with Crippen molar-refractivity contribution in [3.63, 3.8) is 0 Å². The number of rotatable bonds is 6. The summed E-state index contributed by atoms with van der Waals surface area (Å²) in [6.07, 6.45) is 1.01. The Morgan fingerprint density at radius 3 is 2.88 bits per heavy atom. The highest BCUT2D eigenvalue weighted by atomic mass is 32.1. The van der Waals surface area contributed by atoms with Crippen molar-refractivity contribution in [1.29, 1.82) is 0 Å². The van der Waals surface area contributed by atoms with Crippen LogP contribution in [-0.2, 0) is 4.74 Å². The van der Waals surface area contributed by atoms with E-state index >= 15 is 0 Å². The van der Waals surface area contributed by atoms with Crippen molar-refractivity contribution in [2.45, 2.75) is 20.3 Å². The van der Waals surface area contributed by atoms with E-state index in [0.717, 1.165) is 41.6 Å². The molecule has 3 rings (SSSR count). The SMILES string of the molecule is CCOc1ccc(-c2nc(C)c(C(=O)NCC3CCOC3)s2)cc1. The van der Waals surface area contributed by atoms with Gasteiger partial charge in [-0.3, -0.25) is 4.79 Å². The normalized spacial score (nSPS) is 17.0. The lowest BCUT2D eigenvalue weighted by Gasteiger charge is -2.08. The van der Waals surface area contributed by atoms with Crippen LogP contribution in [0.4, 0.5) is 0 Å². The number of hydrogen-bond acceptors (Lipinski definition) is 5. The number of amides is 1. The molecule has 0 spiro atoms. The van der Waals surface area contributed by atoms with Crippen molar-refractivity contribution in [2.75, 3.05) is 26.4 Å². The second kappa shape index (κ2) is 7.77. The average Bonchev–Trinajstić information content (AvgIpc) is 3.23. The number of nitrogens with one attached hydrogen (secondary N) is 1. The summed E-state index contributed by atoms with van der Waals surface area (Å²) in [5.41, 5.74) is 1.76. The molecule has 24 heavy (non-hydrogen) atoms. The van der Waals surface area contributed by atoms with Gasteiger partial charge in [-0.05, 0) is 44.5 Å². The molecule has 128 valence electrons. The minimum absolute atomic E-state index is 0.0471. The Bertz CT molecular complexity index is 691. The monoisotopic (exact) mass is 346 g/mol. The van der Waals surface area contributed by atoms with Crippen LogP contribution in [-0.4, -0.2) is 37.3 Å². The van der Waals surface area contributed by atoms with Gasteiger partial charge in [0.2, 0.25) is 0 Å². The number of aromatic nitrogens is 1. The Morgan fingerprint density at radius 2 is 2.21 bits per heavy atom. The van der Waals surface area contributed by atoms with Crippen molar-refractivity contribution >= 4 is 17.2 Å². The second-order valence-electron chi connectivity index (χ2n) is 5.83. The van der Waals surface area contributed by atoms with E-state index in [4.69, 9.17) is 9.47 Å². The topological polar surface area (TPSA) is 60.5 Å². The number of carbonyl (C=O) groups excluding carboxylic acids is 1. The highest BCUT2D eigenvalue weighted by molar-refractivity contribution is 7.17. The van der Waals surface area contributed by atoms with Gasteiger partial charge in [0, 0.05) is 24.6 Å². The molecular formula is C18H22N2O3S. The van der Waals surface area contributed by atoms with Crippen molar-refractivity contribution in [2.24, 2.45) is 5.92 Å². The second-order valence-corrected chi connectivity index (χ2v) is 6.83. The lowest BCUT2D eigenvalue weighted by atomic mass is 10.1. The quantitative estimate of drug-likeness (QED) is 0.872. The standard InChI is InChI=1S/C18H22N2O3S/c1-3-23-15-6-4-14(5-7-15)18-20-12(2)16(24-18)17(21)19-10-13-8-9-22-11-13/h4-7,13H,3,8-11H2,1-2H3,(H,19,21). The number of benzene rings is 1. The van der Waals surface area contributed by atoms with Gasteiger partial charge in [0.25, 0.3) is 5.91 Å². The number of aryl methyl sites for hydroxylation is 1. The fraction of sp³-hybridized carbons (Fsp3) is 0.444. The third kappa shape index (κ3) is 3.94. The molecular weight excluding hydrogens is 324 g/mol. The van der Waals surface area contributed by atoms with Crippen molar-refractivity contribution < 1.29 is 14.3 Å². The van der Waals surface area contributed by atoms with Crippen LogP contribution < -0.4 is 10.1 Å². The zero-order valence-electron chi connectivity index (χ0n) is 14.0. The molecule has 1 atom stereocenters. The summed E-state index contributed by atoms with van der Waals surface area (Å²) in [7, 11) is 0. The Balaban J connectivity index is 1.68. The largest absolute Gasteiger partial charge is 0.494 e. The summed E-state index contributed by atoms with van der Waals surface area (Å²) in [4.78, 5) is 17.6. The zero-order valence-corrected chi connectivity index (χ0v) is 14.8. The van der Waals surface area contributed by atoms with E-state index in [9.17, 15) is 4.79 Å². The molecule has 5 nitrogen and oxygen atoms in total. The molecule has 1 fully saturated rings. The zero-order chi connectivity index (χ0) is 16.9. The number of nitrogens with zero attached hydrogens (tertiary/aromatic N) is 1. The van der Waals surface area contributed by atoms with Gasteiger partial charge in [0.15, 0.2) is 0 Å². The first-order chi connectivity index (χ1) is 11.7. The van der Waals surface area contributed by atoms with Gasteiger partial charge in [-0.2, -0.15) is 0 Å². The van der Waals surface area contributed by atoms with Crippen LogP contribution in [0.15, 0.2) is 24.3 Å². The van der Waals surface area contributed by atoms with E-state index < -0.39 is 0 Å². The molecule has 0 radical (unpaired) electrons. The Kier molecular flexibility index (Phi) is 5.48. The van der Waals surface area contributed by atoms with E-state index in [1.807, 2.05) is 38.1 Å². The van der Waals surface area contributed by atoms with Crippen LogP contribution in [0.25, 0.3) is 10.6 Å². The Morgan fingerprint density at radius 1 is 1.42 bits per heavy atom. The van der Waals surface area contributed by atoms with E-state index in [0.29, 0.717) is 23.9 Å². The predicted molar refractivity (Wildman–Crippen MR) is 94.7 cm³/mol. The van der Waals surface area contributed by atoms with Crippen LogP contribution >= 0.6 is 11.3 Å². The summed E-state index contributed by atoms with van der Waals surface area (Å²) in [6.45, 7) is 6.67. The molecule has 1 aromatic heterocycles. The van der Waals surface area contributed by atoms with Gasteiger partial charge in [0.1, 0.15) is 15.6 Å². The lowest BCUT2D eigenvalue weighted by molar-refractivity contribution is 0.0948. The molecule has 1 N–H and O–H groups in total. The van der Waals surface area contributed by atoms with Gasteiger partial charge in [-0.25, -0.2) is 4.98 Å². The Hall–Kier alpha value is -1.92. The third-order valence-electron chi connectivity index (χ3n) is 3.99. The van der Waals surface area contributed by atoms with Crippen molar-refractivity contribution in [3.8, 4) is 16.3 Å². The molecule has 6 heteroatoms. The maximum Gasteiger partial charge on any atom is 0.263 e. The summed E-state index contributed by atoms with van der Waals surface area (Å²) < 4.78 is 10.8. The number of thiazole rings is 1. The maximum absolute atomic E-state index is 12.4. The lowest BCUT2D eigenvalue weighted by Crippen LogP contribution is -2.29. The van der Waals surface area contributed by atoms with Gasteiger partial charge in [-0.15, -0.1) is 11.3 Å². The van der Waals surface area contributed by atoms with Crippen LogP contribution in [0, 0.1) is 12.8 Å². The highest BCUT2D eigenvalue weighted by Crippen LogP contribution is 2.29. The van der Waals surface area contributed by atoms with E-state index in [1.54, 1.807) is 0 Å². The van der Waals surface area contributed by atoms with Gasteiger partial charge >= 0.3 is 0 Å². The fourth-order valence-electron chi connectivity index (χ4n) is 2.65. The molecule has 1 amide bonds. The summed E-state index contributed by atoms with van der Waals surface area (Å²) in [5.74, 6) is 1.22. The summed E-state index contributed by atoms with van der Waals surface area (Å²) in [5, 5.41) is 3.86. The van der Waals surface area contributed by atoms with E-state index in [2.05, 4.69) is 10.3 Å². The molecule has 0 aliphatic carbocycles. The summed E-state index contributed by atoms with van der Waals surface area (Å²) in [6, 6.07) is 7.80. The van der Waals surface area contributed by atoms with Gasteiger partial charge < -0.3 is 14.8 Å². The fourth-order valence-corrected chi connectivity index (χ4v) is 3.64. The molecule has 0 saturated carbocycles. The van der Waals surface area contributed by atoms with Crippen LogP contribution in [0.2, 0.25) is 0 Å². The predicted octanol–water partition coefficient (Wildman–Crippen LogP) is 3.28. The summed E-state index contributed by atoms with van der Waals surface area (Å²) >= 11 is 1.43. The van der Waals surface area contributed by atoms with Crippen molar-refractivity contribution in [3.05, 3.63) is 34.8 Å². The average molecular weight is 346 g/mol. The van der Waals surface area contributed by atoms with Crippen molar-refractivity contribution in [1.82, 2.24) is 10.3 Å². The number of ether oxygens (including phenoxy) is 2. The Labute approximate surface area is 146 Å². The highest BCUT2D eigenvalue weighted by Gasteiger charge is 2.20. The first-order valence-electron chi connectivity index (χ1n) is 8.24. The van der Waals surface area contributed by atoms with E-state index in [-0.39, 0.29) is 5.91 Å². The first kappa shape index (κ1) is 16.9. The van der Waals surface area contributed by atoms with Gasteiger partial charge in [-0.1, -0.05) is 0 Å². The maximum atomic E-state index is 12.4. The van der Waals surface area contributed by atoms with Crippen LogP contribution in [0.1, 0.15) is 28.7 Å². The minimum Gasteiger partial charge on any atom is -0.494 e. The number of carbonyl (C=O) groups is 1. The van der Waals surface area contributed by atoms with Crippen LogP contribution in [0.5, 0.6) is 5.75 Å². The molecule has 1 aliphatic heterocycles. The molecule has 1 aromatic carbocycles. The van der Waals surface area contributed by atoms with Gasteiger partial charge in [0.05, 0.1) is 18.9 Å². The third-order valence-corrected chi connectivity index (χ3v) is 5.20. The molecule has 1 aliphatic rings. The van der Waals surface area contributed by atoms with E-state index in [1.165, 1.54) is 11.3 Å².